The molecule has 0 aromatic carbocycles. The molecule has 0 spiro atoms. The molecule has 1 heterocycles. The van der Waals surface area contributed by atoms with Crippen molar-refractivity contribution in [3.8, 4) is 0 Å². The van der Waals surface area contributed by atoms with Gasteiger partial charge in [-0.1, -0.05) is 6.92 Å². The van der Waals surface area contributed by atoms with Crippen LogP contribution in [0.15, 0.2) is 0 Å². The molecule has 0 aliphatic carbocycles. The molecule has 0 N–H and O–H groups in total. The zero-order valence-corrected chi connectivity index (χ0v) is 5.44. The van der Waals surface area contributed by atoms with Crippen LogP contribution in [0.25, 0.3) is 0 Å². The lowest BCUT2D eigenvalue weighted by atomic mass is 10.6. The molecule has 0 bridgehead atoms. The second-order valence-electron chi connectivity index (χ2n) is 1.29. The average Bonchev–Trinajstić information content (AvgIpc) is 1.31. The molecular formula is C4H8S2. The molecule has 2 heteroatoms. The summed E-state index contributed by atoms with van der Waals surface area (Å²) in [5.41, 5.74) is 0. The van der Waals surface area contributed by atoms with E-state index in [1.165, 1.54) is 11.5 Å². The normalized spacial score (nSPS) is 23.5. The second-order valence-corrected chi connectivity index (χ2v) is 4.33. The smallest absolute Gasteiger partial charge is 0.0516 e. The van der Waals surface area contributed by atoms with E-state index in [1.807, 2.05) is 0 Å². The Morgan fingerprint density at radius 1 is 1.67 bits per heavy atom. The van der Waals surface area contributed by atoms with Crippen molar-refractivity contribution in [2.75, 3.05) is 5.08 Å². The van der Waals surface area contributed by atoms with Crippen molar-refractivity contribution in [3.05, 3.63) is 0 Å². The van der Waals surface area contributed by atoms with Crippen LogP contribution in [0.2, 0.25) is 0 Å². The number of rotatable bonds is 1. The molecule has 1 aliphatic heterocycles. The van der Waals surface area contributed by atoms with Crippen molar-refractivity contribution in [2.24, 2.45) is 0 Å². The van der Waals surface area contributed by atoms with Gasteiger partial charge in [-0.3, -0.25) is 0 Å². The summed E-state index contributed by atoms with van der Waals surface area (Å²) >= 11 is 4.14. The van der Waals surface area contributed by atoms with E-state index in [4.69, 9.17) is 0 Å². The quantitative estimate of drug-likeness (QED) is 0.520. The fraction of sp³-hybridized carbons (Fsp3) is 1.00. The first-order chi connectivity index (χ1) is 2.93. The molecule has 0 amide bonds. The van der Waals surface area contributed by atoms with Crippen molar-refractivity contribution in [3.63, 3.8) is 0 Å². The van der Waals surface area contributed by atoms with Crippen molar-refractivity contribution in [2.45, 2.75) is 17.9 Å². The molecule has 0 aromatic heterocycles. The summed E-state index contributed by atoms with van der Waals surface area (Å²) < 4.78 is 0.949. The summed E-state index contributed by atoms with van der Waals surface area (Å²) in [5, 5.41) is 1.33. The summed E-state index contributed by atoms with van der Waals surface area (Å²) in [5.74, 6) is 0. The molecule has 0 saturated carbocycles. The minimum Gasteiger partial charge on any atom is -0.137 e. The highest BCUT2D eigenvalue weighted by Gasteiger charge is 2.14. The van der Waals surface area contributed by atoms with Gasteiger partial charge in [0.15, 0.2) is 0 Å². The van der Waals surface area contributed by atoms with Gasteiger partial charge in [-0.15, -0.1) is 23.5 Å². The zero-order valence-electron chi connectivity index (χ0n) is 3.81. The van der Waals surface area contributed by atoms with Crippen LogP contribution < -0.4 is 0 Å². The molecule has 1 rings (SSSR count). The van der Waals surface area contributed by atoms with Gasteiger partial charge < -0.3 is 0 Å². The minimum absolute atomic E-state index is 0.949. The van der Waals surface area contributed by atoms with E-state index in [1.54, 1.807) is 0 Å². The maximum atomic E-state index is 2.24. The van der Waals surface area contributed by atoms with E-state index in [-0.39, 0.29) is 0 Å². The third-order valence-electron chi connectivity index (χ3n) is 0.841. The Kier molecular flexibility index (Phi) is 1.72. The molecule has 0 radical (unpaired) electrons. The van der Waals surface area contributed by atoms with Crippen LogP contribution in [0, 0.1) is 0 Å². The van der Waals surface area contributed by atoms with Crippen LogP contribution in [-0.4, -0.2) is 9.67 Å². The van der Waals surface area contributed by atoms with E-state index in [0.29, 0.717) is 0 Å². The monoisotopic (exact) mass is 120 g/mol. The summed E-state index contributed by atoms with van der Waals surface area (Å²) in [4.78, 5) is 0. The molecule has 6 heavy (non-hydrogen) atoms. The summed E-state index contributed by atoms with van der Waals surface area (Å²) in [6, 6.07) is 0. The van der Waals surface area contributed by atoms with Crippen LogP contribution in [0.1, 0.15) is 13.3 Å². The van der Waals surface area contributed by atoms with Gasteiger partial charge in [0.25, 0.3) is 0 Å². The van der Waals surface area contributed by atoms with Gasteiger partial charge >= 0.3 is 0 Å². The van der Waals surface area contributed by atoms with Gasteiger partial charge in [0.1, 0.15) is 0 Å². The first-order valence-electron chi connectivity index (χ1n) is 2.16. The van der Waals surface area contributed by atoms with Crippen molar-refractivity contribution in [1.29, 1.82) is 0 Å². The number of hydrogen-bond donors (Lipinski definition) is 0. The SMILES string of the molecule is CCC1SCS1. The summed E-state index contributed by atoms with van der Waals surface area (Å²) in [6.45, 7) is 2.24. The van der Waals surface area contributed by atoms with Crippen molar-refractivity contribution in [1.82, 2.24) is 0 Å². The standard InChI is InChI=1S/C4H8S2/c1-2-4-5-3-6-4/h4H,2-3H2,1H3. The van der Waals surface area contributed by atoms with E-state index in [2.05, 4.69) is 30.4 Å². The first kappa shape index (κ1) is 4.85. The minimum atomic E-state index is 0.949. The Morgan fingerprint density at radius 2 is 2.33 bits per heavy atom. The van der Waals surface area contributed by atoms with Crippen LogP contribution in [0.3, 0.4) is 0 Å². The highest BCUT2D eigenvalue weighted by Crippen LogP contribution is 2.40. The summed E-state index contributed by atoms with van der Waals surface area (Å²) in [7, 11) is 0. The van der Waals surface area contributed by atoms with Gasteiger partial charge in [-0.25, -0.2) is 0 Å². The Hall–Kier alpha value is 0.700. The van der Waals surface area contributed by atoms with E-state index in [0.717, 1.165) is 4.58 Å². The highest BCUT2D eigenvalue weighted by atomic mass is 32.3. The highest BCUT2D eigenvalue weighted by molar-refractivity contribution is 8.32. The Bertz CT molecular complexity index is 38.1. The number of hydrogen-bond acceptors (Lipinski definition) is 2. The topological polar surface area (TPSA) is 0 Å². The third kappa shape index (κ3) is 0.850. The fourth-order valence-electron chi connectivity index (χ4n) is 0.400. The lowest BCUT2D eigenvalue weighted by molar-refractivity contribution is 1.05. The maximum Gasteiger partial charge on any atom is 0.0516 e. The molecule has 0 unspecified atom stereocenters. The van der Waals surface area contributed by atoms with E-state index < -0.39 is 0 Å². The Morgan fingerprint density at radius 3 is 2.33 bits per heavy atom. The Labute approximate surface area is 47.1 Å². The lowest BCUT2D eigenvalue weighted by Crippen LogP contribution is -2.04. The molecular weight excluding hydrogens is 112 g/mol. The molecule has 0 atom stereocenters. The van der Waals surface area contributed by atoms with Crippen molar-refractivity contribution < 1.29 is 0 Å². The third-order valence-corrected chi connectivity index (χ3v) is 4.16. The van der Waals surface area contributed by atoms with E-state index >= 15 is 0 Å². The average molecular weight is 120 g/mol. The van der Waals surface area contributed by atoms with Gasteiger partial charge in [0, 0.05) is 5.08 Å². The molecule has 36 valence electrons. The van der Waals surface area contributed by atoms with E-state index in [9.17, 15) is 0 Å². The predicted molar refractivity (Wildman–Crippen MR) is 34.1 cm³/mol. The fourth-order valence-corrected chi connectivity index (χ4v) is 2.19. The van der Waals surface area contributed by atoms with Crippen LogP contribution >= 0.6 is 23.5 Å². The summed E-state index contributed by atoms with van der Waals surface area (Å²) in [6.07, 6.45) is 1.34. The first-order valence-corrected chi connectivity index (χ1v) is 4.26. The number of thioether (sulfide) groups is 2. The molecule has 1 aliphatic rings. The predicted octanol–water partition coefficient (Wildman–Crippen LogP) is 2.16. The van der Waals surface area contributed by atoms with Crippen LogP contribution in [0.4, 0.5) is 0 Å². The largest absolute Gasteiger partial charge is 0.137 e. The zero-order chi connectivity index (χ0) is 4.41. The molecule has 1 fully saturated rings. The molecule has 0 nitrogen and oxygen atoms in total. The van der Waals surface area contributed by atoms with Gasteiger partial charge in [0.05, 0.1) is 4.58 Å². The van der Waals surface area contributed by atoms with Crippen LogP contribution in [-0.2, 0) is 0 Å². The van der Waals surface area contributed by atoms with Gasteiger partial charge in [-0.05, 0) is 6.42 Å². The second kappa shape index (κ2) is 2.12. The molecule has 1 saturated heterocycles. The maximum absolute atomic E-state index is 2.24. The molecule has 0 aromatic rings. The van der Waals surface area contributed by atoms with Crippen molar-refractivity contribution >= 4 is 23.5 Å². The van der Waals surface area contributed by atoms with Gasteiger partial charge in [0.2, 0.25) is 0 Å². The van der Waals surface area contributed by atoms with Gasteiger partial charge in [-0.2, -0.15) is 0 Å². The lowest BCUT2D eigenvalue weighted by Gasteiger charge is -2.21. The van der Waals surface area contributed by atoms with Crippen LogP contribution in [0.5, 0.6) is 0 Å². The Balaban J connectivity index is 2.01.